The van der Waals surface area contributed by atoms with Gasteiger partial charge < -0.3 is 4.52 Å². The van der Waals surface area contributed by atoms with Crippen LogP contribution < -0.4 is 0 Å². The van der Waals surface area contributed by atoms with Crippen molar-refractivity contribution in [3.05, 3.63) is 46.8 Å². The van der Waals surface area contributed by atoms with Gasteiger partial charge in [-0.15, -0.1) is 0 Å². The molecule has 1 heterocycles. The number of aryl methyl sites for hydroxylation is 3. The van der Waals surface area contributed by atoms with Gasteiger partial charge in [0.05, 0.1) is 17.1 Å². The van der Waals surface area contributed by atoms with Gasteiger partial charge in [0.1, 0.15) is 5.76 Å². The Morgan fingerprint density at radius 2 is 2.00 bits per heavy atom. The van der Waals surface area contributed by atoms with Crippen molar-refractivity contribution in [1.29, 1.82) is 0 Å². The molecule has 0 radical (unpaired) electrons. The Balaban J connectivity index is 1.85. The molecule has 2 aromatic rings. The van der Waals surface area contributed by atoms with E-state index >= 15 is 0 Å². The zero-order valence-electron chi connectivity index (χ0n) is 12.2. The highest BCUT2D eigenvalue weighted by molar-refractivity contribution is 7.89. The summed E-state index contributed by atoms with van der Waals surface area (Å²) in [6.45, 7) is 1.99. The third kappa shape index (κ3) is 2.73. The Bertz CT molecular complexity index is 765. The Morgan fingerprint density at radius 3 is 2.71 bits per heavy atom. The molecule has 0 atom stereocenters. The van der Waals surface area contributed by atoms with Crippen molar-refractivity contribution in [1.82, 2.24) is 9.46 Å². The predicted molar refractivity (Wildman–Crippen MR) is 78.4 cm³/mol. The van der Waals surface area contributed by atoms with Crippen molar-refractivity contribution in [3.8, 4) is 0 Å². The Hall–Kier alpha value is -1.66. The Kier molecular flexibility index (Phi) is 3.59. The maximum atomic E-state index is 12.6. The summed E-state index contributed by atoms with van der Waals surface area (Å²) in [5.74, 6) is 0.674. The van der Waals surface area contributed by atoms with Gasteiger partial charge in [0, 0.05) is 13.1 Å². The molecule has 1 aromatic heterocycles. The van der Waals surface area contributed by atoms with E-state index < -0.39 is 10.0 Å². The summed E-state index contributed by atoms with van der Waals surface area (Å²) < 4.78 is 31.5. The molecule has 6 heteroatoms. The fraction of sp³-hybridized carbons (Fsp3) is 0.400. The molecule has 0 amide bonds. The van der Waals surface area contributed by atoms with Crippen LogP contribution >= 0.6 is 0 Å². The van der Waals surface area contributed by atoms with Crippen LogP contribution in [0, 0.1) is 6.92 Å². The first-order valence-corrected chi connectivity index (χ1v) is 8.41. The topological polar surface area (TPSA) is 63.4 Å². The van der Waals surface area contributed by atoms with Gasteiger partial charge in [0.25, 0.3) is 0 Å². The van der Waals surface area contributed by atoms with Crippen LogP contribution in [0.5, 0.6) is 0 Å². The van der Waals surface area contributed by atoms with Gasteiger partial charge in [0.15, 0.2) is 0 Å². The van der Waals surface area contributed by atoms with Crippen LogP contribution in [-0.4, -0.2) is 24.9 Å². The summed E-state index contributed by atoms with van der Waals surface area (Å²) in [7, 11) is -1.94. The molecule has 0 aliphatic heterocycles. The van der Waals surface area contributed by atoms with Gasteiger partial charge in [-0.1, -0.05) is 11.2 Å². The fourth-order valence-electron chi connectivity index (χ4n) is 2.69. The lowest BCUT2D eigenvalue weighted by Gasteiger charge is -2.16. The molecule has 112 valence electrons. The summed E-state index contributed by atoms with van der Waals surface area (Å²) in [6.07, 6.45) is 3.11. The lowest BCUT2D eigenvalue weighted by molar-refractivity contribution is 0.378. The molecule has 0 fully saturated rings. The first-order chi connectivity index (χ1) is 9.96. The van der Waals surface area contributed by atoms with Crippen molar-refractivity contribution in [2.24, 2.45) is 0 Å². The number of benzene rings is 1. The van der Waals surface area contributed by atoms with Crippen LogP contribution in [0.1, 0.15) is 29.0 Å². The quantitative estimate of drug-likeness (QED) is 0.869. The van der Waals surface area contributed by atoms with E-state index in [1.807, 2.05) is 12.1 Å². The zero-order chi connectivity index (χ0) is 15.0. The van der Waals surface area contributed by atoms with Crippen LogP contribution in [0.25, 0.3) is 0 Å². The molecule has 0 N–H and O–H groups in total. The van der Waals surface area contributed by atoms with E-state index in [9.17, 15) is 8.42 Å². The number of fused-ring (bicyclic) bond motifs is 1. The van der Waals surface area contributed by atoms with E-state index in [-0.39, 0.29) is 6.54 Å². The van der Waals surface area contributed by atoms with Crippen molar-refractivity contribution in [2.45, 2.75) is 37.6 Å². The van der Waals surface area contributed by atoms with E-state index in [0.717, 1.165) is 24.8 Å². The molecule has 0 bridgehead atoms. The lowest BCUT2D eigenvalue weighted by atomic mass is 10.1. The van der Waals surface area contributed by atoms with Crippen LogP contribution in [0.4, 0.5) is 0 Å². The van der Waals surface area contributed by atoms with Crippen LogP contribution in [0.3, 0.4) is 0 Å². The van der Waals surface area contributed by atoms with Gasteiger partial charge in [0.2, 0.25) is 10.0 Å². The minimum absolute atomic E-state index is 0.205. The second kappa shape index (κ2) is 5.27. The third-order valence-electron chi connectivity index (χ3n) is 3.84. The smallest absolute Gasteiger partial charge is 0.243 e. The SMILES string of the molecule is Cc1cc(CN(C)S(=O)(=O)c2ccc3c(c2)CCC3)no1. The molecule has 1 aliphatic rings. The zero-order valence-corrected chi connectivity index (χ0v) is 13.0. The molecule has 0 saturated heterocycles. The molecule has 0 unspecified atom stereocenters. The van der Waals surface area contributed by atoms with E-state index in [2.05, 4.69) is 5.16 Å². The van der Waals surface area contributed by atoms with Crippen molar-refractivity contribution < 1.29 is 12.9 Å². The maximum absolute atomic E-state index is 12.6. The second-order valence-electron chi connectivity index (χ2n) is 5.47. The molecule has 21 heavy (non-hydrogen) atoms. The maximum Gasteiger partial charge on any atom is 0.243 e. The monoisotopic (exact) mass is 306 g/mol. The fourth-order valence-corrected chi connectivity index (χ4v) is 3.89. The molecule has 3 rings (SSSR count). The van der Waals surface area contributed by atoms with Gasteiger partial charge in [-0.2, -0.15) is 4.31 Å². The predicted octanol–water partition coefficient (Wildman–Crippen LogP) is 2.29. The minimum Gasteiger partial charge on any atom is -0.361 e. The van der Waals surface area contributed by atoms with Gasteiger partial charge in [-0.3, -0.25) is 0 Å². The van der Waals surface area contributed by atoms with E-state index in [1.165, 1.54) is 9.87 Å². The van der Waals surface area contributed by atoms with Gasteiger partial charge in [-0.25, -0.2) is 8.42 Å². The number of rotatable bonds is 4. The number of hydrogen-bond acceptors (Lipinski definition) is 4. The van der Waals surface area contributed by atoms with Crippen LogP contribution in [-0.2, 0) is 29.4 Å². The van der Waals surface area contributed by atoms with E-state index in [4.69, 9.17) is 4.52 Å². The number of nitrogens with zero attached hydrogens (tertiary/aromatic N) is 2. The Labute approximate surface area is 124 Å². The number of hydrogen-bond donors (Lipinski definition) is 0. The first-order valence-electron chi connectivity index (χ1n) is 6.97. The number of aromatic nitrogens is 1. The standard InChI is InChI=1S/C15H18N2O3S/c1-11-8-14(16-20-11)10-17(2)21(18,19)15-7-6-12-4-3-5-13(12)9-15/h6-9H,3-5,10H2,1-2H3. The molecule has 0 saturated carbocycles. The average molecular weight is 306 g/mol. The third-order valence-corrected chi connectivity index (χ3v) is 5.64. The normalized spacial score (nSPS) is 14.6. The summed E-state index contributed by atoms with van der Waals surface area (Å²) >= 11 is 0. The second-order valence-corrected chi connectivity index (χ2v) is 7.52. The number of sulfonamides is 1. The molecule has 1 aliphatic carbocycles. The van der Waals surface area contributed by atoms with Crippen molar-refractivity contribution >= 4 is 10.0 Å². The van der Waals surface area contributed by atoms with Gasteiger partial charge >= 0.3 is 0 Å². The summed E-state index contributed by atoms with van der Waals surface area (Å²) in [6, 6.07) is 7.18. The van der Waals surface area contributed by atoms with Crippen LogP contribution in [0.2, 0.25) is 0 Å². The highest BCUT2D eigenvalue weighted by Gasteiger charge is 2.23. The Morgan fingerprint density at radius 1 is 1.24 bits per heavy atom. The van der Waals surface area contributed by atoms with E-state index in [1.54, 1.807) is 26.1 Å². The van der Waals surface area contributed by atoms with Crippen molar-refractivity contribution in [3.63, 3.8) is 0 Å². The summed E-state index contributed by atoms with van der Waals surface area (Å²) in [5.41, 5.74) is 3.03. The molecule has 5 nitrogen and oxygen atoms in total. The van der Waals surface area contributed by atoms with Gasteiger partial charge in [-0.05, 0) is 49.4 Å². The lowest BCUT2D eigenvalue weighted by Crippen LogP contribution is -2.26. The van der Waals surface area contributed by atoms with Crippen molar-refractivity contribution in [2.75, 3.05) is 7.05 Å². The molecular weight excluding hydrogens is 288 g/mol. The highest BCUT2D eigenvalue weighted by Crippen LogP contribution is 2.26. The molecular formula is C15H18N2O3S. The van der Waals surface area contributed by atoms with E-state index in [0.29, 0.717) is 16.3 Å². The summed E-state index contributed by atoms with van der Waals surface area (Å²) in [5, 5.41) is 3.84. The molecule has 1 aromatic carbocycles. The van der Waals surface area contributed by atoms with Crippen LogP contribution in [0.15, 0.2) is 33.7 Å². The summed E-state index contributed by atoms with van der Waals surface area (Å²) in [4.78, 5) is 0.353. The molecule has 0 spiro atoms. The average Bonchev–Trinajstić information content (AvgIpc) is 3.06. The minimum atomic E-state index is -3.50. The first kappa shape index (κ1) is 14.3. The highest BCUT2D eigenvalue weighted by atomic mass is 32.2. The largest absolute Gasteiger partial charge is 0.361 e.